The molecule has 3 heteroatoms. The van der Waals surface area contributed by atoms with Crippen molar-refractivity contribution >= 4 is 5.69 Å². The summed E-state index contributed by atoms with van der Waals surface area (Å²) < 4.78 is 13.6. The van der Waals surface area contributed by atoms with Crippen LogP contribution in [0.5, 0.6) is 0 Å². The van der Waals surface area contributed by atoms with Crippen molar-refractivity contribution in [1.29, 1.82) is 5.26 Å². The molecule has 1 aromatic rings. The molecule has 18 heavy (non-hydrogen) atoms. The van der Waals surface area contributed by atoms with Crippen LogP contribution in [0.1, 0.15) is 37.7 Å². The van der Waals surface area contributed by atoms with Gasteiger partial charge in [0.1, 0.15) is 17.4 Å². The zero-order chi connectivity index (χ0) is 12.6. The smallest absolute Gasteiger partial charge is 0.143 e. The van der Waals surface area contributed by atoms with Crippen LogP contribution in [-0.2, 0) is 0 Å². The second-order valence-electron chi connectivity index (χ2n) is 5.66. The van der Waals surface area contributed by atoms with Gasteiger partial charge < -0.3 is 4.90 Å². The summed E-state index contributed by atoms with van der Waals surface area (Å²) in [4.78, 5) is 2.16. The predicted octanol–water partition coefficient (Wildman–Crippen LogP) is 3.47. The van der Waals surface area contributed by atoms with Crippen molar-refractivity contribution in [2.24, 2.45) is 5.41 Å². The standard InChI is InChI=1S/C15H17FN2/c16-13-5-4-6-14(12(13)9-17)18-10-15(11-18)7-2-1-3-8-15/h4-6H,1-3,7-8,10-11H2. The van der Waals surface area contributed by atoms with Gasteiger partial charge in [0, 0.05) is 18.5 Å². The molecule has 1 spiro atoms. The van der Waals surface area contributed by atoms with Crippen molar-refractivity contribution in [3.8, 4) is 6.07 Å². The van der Waals surface area contributed by atoms with Crippen molar-refractivity contribution < 1.29 is 4.39 Å². The summed E-state index contributed by atoms with van der Waals surface area (Å²) in [6.07, 6.45) is 6.58. The number of benzene rings is 1. The molecule has 0 amide bonds. The highest BCUT2D eigenvalue weighted by Gasteiger charge is 2.43. The molecule has 1 aliphatic carbocycles. The number of halogens is 1. The van der Waals surface area contributed by atoms with Crippen LogP contribution in [0.15, 0.2) is 18.2 Å². The third-order valence-electron chi connectivity index (χ3n) is 4.41. The number of anilines is 1. The maximum Gasteiger partial charge on any atom is 0.143 e. The van der Waals surface area contributed by atoms with E-state index in [9.17, 15) is 4.39 Å². The van der Waals surface area contributed by atoms with Crippen LogP contribution in [0.25, 0.3) is 0 Å². The van der Waals surface area contributed by atoms with E-state index in [2.05, 4.69) is 4.90 Å². The Morgan fingerprint density at radius 2 is 1.89 bits per heavy atom. The number of rotatable bonds is 1. The Hall–Kier alpha value is -1.56. The fourth-order valence-electron chi connectivity index (χ4n) is 3.44. The molecule has 3 rings (SSSR count). The molecule has 0 atom stereocenters. The maximum absolute atomic E-state index is 13.6. The number of hydrogen-bond acceptors (Lipinski definition) is 2. The summed E-state index contributed by atoms with van der Waals surface area (Å²) in [5.41, 5.74) is 1.42. The summed E-state index contributed by atoms with van der Waals surface area (Å²) in [7, 11) is 0. The summed E-state index contributed by atoms with van der Waals surface area (Å²) in [6.45, 7) is 1.98. The number of nitrogens with zero attached hydrogens (tertiary/aromatic N) is 2. The third kappa shape index (κ3) is 1.77. The van der Waals surface area contributed by atoms with Gasteiger partial charge >= 0.3 is 0 Å². The highest BCUT2D eigenvalue weighted by atomic mass is 19.1. The second kappa shape index (κ2) is 4.28. The van der Waals surface area contributed by atoms with Gasteiger partial charge in [0.2, 0.25) is 0 Å². The van der Waals surface area contributed by atoms with Gasteiger partial charge in [-0.2, -0.15) is 5.26 Å². The zero-order valence-electron chi connectivity index (χ0n) is 10.5. The summed E-state index contributed by atoms with van der Waals surface area (Å²) >= 11 is 0. The Labute approximate surface area is 107 Å². The molecule has 1 saturated carbocycles. The van der Waals surface area contributed by atoms with Gasteiger partial charge in [-0.3, -0.25) is 0 Å². The molecule has 94 valence electrons. The summed E-state index contributed by atoms with van der Waals surface area (Å²) in [6, 6.07) is 6.90. The van der Waals surface area contributed by atoms with Gasteiger partial charge in [-0.1, -0.05) is 25.3 Å². The van der Waals surface area contributed by atoms with Gasteiger partial charge in [-0.25, -0.2) is 4.39 Å². The van der Waals surface area contributed by atoms with Gasteiger partial charge in [-0.15, -0.1) is 0 Å². The molecule has 2 fully saturated rings. The first kappa shape index (κ1) is 11.5. The van der Waals surface area contributed by atoms with Gasteiger partial charge in [-0.05, 0) is 25.0 Å². The minimum absolute atomic E-state index is 0.197. The first-order valence-corrected chi connectivity index (χ1v) is 6.68. The van der Waals surface area contributed by atoms with Crippen LogP contribution in [-0.4, -0.2) is 13.1 Å². The lowest BCUT2D eigenvalue weighted by Gasteiger charge is -2.53. The van der Waals surface area contributed by atoms with Crippen LogP contribution >= 0.6 is 0 Å². The number of nitriles is 1. The molecular weight excluding hydrogens is 227 g/mol. The van der Waals surface area contributed by atoms with Crippen molar-refractivity contribution in [1.82, 2.24) is 0 Å². The van der Waals surface area contributed by atoms with Crippen molar-refractivity contribution in [3.63, 3.8) is 0 Å². The molecular formula is C15H17FN2. The number of hydrogen-bond donors (Lipinski definition) is 0. The average Bonchev–Trinajstić information content (AvgIpc) is 2.36. The highest BCUT2D eigenvalue weighted by Crippen LogP contribution is 2.46. The van der Waals surface area contributed by atoms with E-state index >= 15 is 0 Å². The Morgan fingerprint density at radius 3 is 2.56 bits per heavy atom. The van der Waals surface area contributed by atoms with Crippen molar-refractivity contribution in [2.45, 2.75) is 32.1 Å². The lowest BCUT2D eigenvalue weighted by molar-refractivity contribution is 0.139. The van der Waals surface area contributed by atoms with E-state index in [-0.39, 0.29) is 5.56 Å². The minimum atomic E-state index is -0.403. The molecule has 0 aromatic heterocycles. The van der Waals surface area contributed by atoms with Crippen LogP contribution < -0.4 is 4.90 Å². The Kier molecular flexibility index (Phi) is 2.74. The highest BCUT2D eigenvalue weighted by molar-refractivity contribution is 5.61. The van der Waals surface area contributed by atoms with Crippen molar-refractivity contribution in [2.75, 3.05) is 18.0 Å². The fourth-order valence-corrected chi connectivity index (χ4v) is 3.44. The normalized spacial score (nSPS) is 21.4. The molecule has 0 radical (unpaired) electrons. The topological polar surface area (TPSA) is 27.0 Å². The minimum Gasteiger partial charge on any atom is -0.369 e. The van der Waals surface area contributed by atoms with E-state index in [0.717, 1.165) is 18.8 Å². The molecule has 1 aliphatic heterocycles. The monoisotopic (exact) mass is 244 g/mol. The first-order chi connectivity index (χ1) is 8.74. The van der Waals surface area contributed by atoms with E-state index in [1.54, 1.807) is 6.07 Å². The van der Waals surface area contributed by atoms with E-state index in [0.29, 0.717) is 5.41 Å². The Balaban J connectivity index is 1.79. The first-order valence-electron chi connectivity index (χ1n) is 6.68. The van der Waals surface area contributed by atoms with Gasteiger partial charge in [0.25, 0.3) is 0 Å². The van der Waals surface area contributed by atoms with Crippen LogP contribution in [0.4, 0.5) is 10.1 Å². The van der Waals surface area contributed by atoms with Gasteiger partial charge in [0.15, 0.2) is 0 Å². The van der Waals surface area contributed by atoms with E-state index in [1.165, 1.54) is 38.2 Å². The lowest BCUT2D eigenvalue weighted by Crippen LogP contribution is -2.57. The zero-order valence-corrected chi connectivity index (χ0v) is 10.5. The van der Waals surface area contributed by atoms with Crippen LogP contribution in [0.2, 0.25) is 0 Å². The SMILES string of the molecule is N#Cc1c(F)cccc1N1CC2(CCCCC2)C1. The Morgan fingerprint density at radius 1 is 1.17 bits per heavy atom. The lowest BCUT2D eigenvalue weighted by atomic mass is 9.68. The molecule has 2 aliphatic rings. The van der Waals surface area contributed by atoms with Crippen molar-refractivity contribution in [3.05, 3.63) is 29.6 Å². The molecule has 1 saturated heterocycles. The van der Waals surface area contributed by atoms with E-state index in [4.69, 9.17) is 5.26 Å². The molecule has 1 heterocycles. The molecule has 0 unspecified atom stereocenters. The molecule has 0 bridgehead atoms. The third-order valence-corrected chi connectivity index (χ3v) is 4.41. The predicted molar refractivity (Wildman–Crippen MR) is 68.8 cm³/mol. The van der Waals surface area contributed by atoms with Crippen LogP contribution in [0, 0.1) is 22.6 Å². The second-order valence-corrected chi connectivity index (χ2v) is 5.66. The summed E-state index contributed by atoms with van der Waals surface area (Å²) in [5, 5.41) is 9.05. The molecule has 1 aromatic carbocycles. The summed E-state index contributed by atoms with van der Waals surface area (Å²) in [5.74, 6) is -0.403. The molecule has 0 N–H and O–H groups in total. The average molecular weight is 244 g/mol. The quantitative estimate of drug-likeness (QED) is 0.756. The molecule has 2 nitrogen and oxygen atoms in total. The van der Waals surface area contributed by atoms with E-state index < -0.39 is 5.82 Å². The maximum atomic E-state index is 13.6. The van der Waals surface area contributed by atoms with Gasteiger partial charge in [0.05, 0.1) is 5.69 Å². The Bertz CT molecular complexity index is 490. The van der Waals surface area contributed by atoms with Crippen LogP contribution in [0.3, 0.4) is 0 Å². The largest absolute Gasteiger partial charge is 0.369 e. The fraction of sp³-hybridized carbons (Fsp3) is 0.533. The van der Waals surface area contributed by atoms with E-state index in [1.807, 2.05) is 12.1 Å².